The van der Waals surface area contributed by atoms with Gasteiger partial charge in [-0.15, -0.1) is 18.2 Å². The lowest BCUT2D eigenvalue weighted by molar-refractivity contribution is 0.315. The van der Waals surface area contributed by atoms with Crippen LogP contribution >= 0.6 is 11.6 Å². The van der Waals surface area contributed by atoms with Crippen LogP contribution in [0.3, 0.4) is 0 Å². The SMILES string of the molecule is C=C[C@@]1(C)C(N=C)=C2c3c([nH]c4ccccc34)C(C)(C)[C@H]2C[C@H]1Cl. The van der Waals surface area contributed by atoms with Crippen molar-refractivity contribution in [3.05, 3.63) is 53.9 Å². The number of aliphatic imine (C=N–C) groups is 1. The maximum atomic E-state index is 6.82. The van der Waals surface area contributed by atoms with Gasteiger partial charge in [0.05, 0.1) is 5.70 Å². The Labute approximate surface area is 148 Å². The lowest BCUT2D eigenvalue weighted by Gasteiger charge is -2.42. The third kappa shape index (κ3) is 1.70. The number of hydrogen-bond acceptors (Lipinski definition) is 1. The van der Waals surface area contributed by atoms with E-state index in [1.165, 1.54) is 27.7 Å². The summed E-state index contributed by atoms with van der Waals surface area (Å²) in [5.41, 5.74) is 5.72. The average molecular weight is 339 g/mol. The molecule has 2 aromatic rings. The topological polar surface area (TPSA) is 28.1 Å². The third-order valence-corrected chi connectivity index (χ3v) is 6.91. The Morgan fingerprint density at radius 2 is 2.00 bits per heavy atom. The smallest absolute Gasteiger partial charge is 0.0549 e. The summed E-state index contributed by atoms with van der Waals surface area (Å²) in [6.45, 7) is 14.7. The summed E-state index contributed by atoms with van der Waals surface area (Å²) in [5, 5.41) is 1.23. The van der Waals surface area contributed by atoms with Gasteiger partial charge in [-0.2, -0.15) is 0 Å². The van der Waals surface area contributed by atoms with Crippen molar-refractivity contribution in [2.75, 3.05) is 0 Å². The van der Waals surface area contributed by atoms with Gasteiger partial charge in [0.25, 0.3) is 0 Å². The van der Waals surface area contributed by atoms with Crippen LogP contribution in [0.15, 0.2) is 47.6 Å². The predicted octanol–water partition coefficient (Wildman–Crippen LogP) is 5.69. The molecule has 0 saturated carbocycles. The van der Waals surface area contributed by atoms with Gasteiger partial charge >= 0.3 is 0 Å². The van der Waals surface area contributed by atoms with Crippen molar-refractivity contribution in [3.63, 3.8) is 0 Å². The fourth-order valence-corrected chi connectivity index (χ4v) is 5.05. The molecular formula is C21H23ClN2. The fraction of sp³-hybridized carbons (Fsp3) is 0.381. The van der Waals surface area contributed by atoms with Gasteiger partial charge in [0, 0.05) is 38.4 Å². The van der Waals surface area contributed by atoms with Gasteiger partial charge in [0.15, 0.2) is 0 Å². The van der Waals surface area contributed by atoms with E-state index in [1.807, 2.05) is 6.08 Å². The van der Waals surface area contributed by atoms with Crippen LogP contribution in [0.25, 0.3) is 16.5 Å². The monoisotopic (exact) mass is 338 g/mol. The average Bonchev–Trinajstić information content (AvgIpc) is 3.04. The minimum absolute atomic E-state index is 0.00470. The van der Waals surface area contributed by atoms with Gasteiger partial charge in [-0.25, -0.2) is 0 Å². The van der Waals surface area contributed by atoms with Gasteiger partial charge in [0.1, 0.15) is 0 Å². The molecule has 2 nitrogen and oxygen atoms in total. The number of nitrogens with zero attached hydrogens (tertiary/aromatic N) is 1. The summed E-state index contributed by atoms with van der Waals surface area (Å²) in [4.78, 5) is 8.14. The van der Waals surface area contributed by atoms with Gasteiger partial charge < -0.3 is 4.98 Å². The highest BCUT2D eigenvalue weighted by Crippen LogP contribution is 2.61. The minimum Gasteiger partial charge on any atom is -0.357 e. The van der Waals surface area contributed by atoms with E-state index in [1.54, 1.807) is 0 Å². The number of rotatable bonds is 2. The Morgan fingerprint density at radius 3 is 2.67 bits per heavy atom. The Balaban J connectivity index is 2.14. The largest absolute Gasteiger partial charge is 0.357 e. The lowest BCUT2D eigenvalue weighted by atomic mass is 9.65. The standard InChI is InChI=1S/C21H23ClN2/c1-6-21(4)15(22)11-13-17(19(21)23-5)16-12-9-7-8-10-14(12)24-18(16)20(13,2)3/h6-10,13,15,24H,1,5,11H2,2-4H3/t13-,15+,21+/m0/s1. The molecular weight excluding hydrogens is 316 g/mol. The van der Waals surface area contributed by atoms with E-state index in [4.69, 9.17) is 11.6 Å². The van der Waals surface area contributed by atoms with Crippen LogP contribution in [0.4, 0.5) is 0 Å². The van der Waals surface area contributed by atoms with Crippen molar-refractivity contribution in [1.29, 1.82) is 0 Å². The molecule has 0 radical (unpaired) electrons. The third-order valence-electron chi connectivity index (χ3n) is 6.28. The number of fused-ring (bicyclic) bond motifs is 5. The predicted molar refractivity (Wildman–Crippen MR) is 104 cm³/mol. The molecule has 0 unspecified atom stereocenters. The number of aromatic nitrogens is 1. The lowest BCUT2D eigenvalue weighted by Crippen LogP contribution is -2.39. The minimum atomic E-state index is -0.356. The number of aromatic amines is 1. The molecule has 0 fully saturated rings. The molecule has 0 saturated heterocycles. The number of benzene rings is 1. The van der Waals surface area contributed by atoms with E-state index in [2.05, 4.69) is 68.3 Å². The molecule has 0 aliphatic heterocycles. The van der Waals surface area contributed by atoms with Crippen molar-refractivity contribution >= 4 is 34.8 Å². The first kappa shape index (κ1) is 15.7. The highest BCUT2D eigenvalue weighted by Gasteiger charge is 2.53. The van der Waals surface area contributed by atoms with Crippen LogP contribution in [0, 0.1) is 11.3 Å². The quantitative estimate of drug-likeness (QED) is 0.414. The fourth-order valence-electron chi connectivity index (χ4n) is 4.68. The first-order chi connectivity index (χ1) is 11.4. The maximum absolute atomic E-state index is 6.82. The van der Waals surface area contributed by atoms with Gasteiger partial charge in [-0.3, -0.25) is 4.99 Å². The van der Waals surface area contributed by atoms with Crippen molar-refractivity contribution < 1.29 is 0 Å². The summed E-state index contributed by atoms with van der Waals surface area (Å²) < 4.78 is 0. The summed E-state index contributed by atoms with van der Waals surface area (Å²) in [6, 6.07) is 8.50. The molecule has 1 N–H and O–H groups in total. The number of halogens is 1. The molecule has 24 heavy (non-hydrogen) atoms. The van der Waals surface area contributed by atoms with Gasteiger partial charge in [-0.05, 0) is 37.6 Å². The molecule has 0 amide bonds. The maximum Gasteiger partial charge on any atom is 0.0549 e. The van der Waals surface area contributed by atoms with Crippen LogP contribution in [0.2, 0.25) is 0 Å². The summed E-state index contributed by atoms with van der Waals surface area (Å²) in [7, 11) is 0. The molecule has 0 bridgehead atoms. The number of allylic oxidation sites excluding steroid dienone is 2. The highest BCUT2D eigenvalue weighted by molar-refractivity contribution is 6.22. The highest BCUT2D eigenvalue weighted by atomic mass is 35.5. The molecule has 1 aromatic carbocycles. The number of alkyl halides is 1. The number of para-hydroxylation sites is 1. The van der Waals surface area contributed by atoms with Crippen molar-refractivity contribution in [2.24, 2.45) is 16.3 Å². The van der Waals surface area contributed by atoms with Crippen LogP contribution in [-0.2, 0) is 5.41 Å². The number of nitrogens with one attached hydrogen (secondary N) is 1. The molecule has 4 rings (SSSR count). The molecule has 3 heteroatoms. The second-order valence-corrected chi connectivity index (χ2v) is 8.33. The molecule has 2 aliphatic rings. The molecule has 124 valence electrons. The molecule has 2 aliphatic carbocycles. The summed E-state index contributed by atoms with van der Waals surface area (Å²) in [6.07, 6.45) is 2.86. The zero-order valence-corrected chi connectivity index (χ0v) is 15.2. The van der Waals surface area contributed by atoms with E-state index in [0.717, 1.165) is 12.1 Å². The van der Waals surface area contributed by atoms with Gasteiger partial charge in [-0.1, -0.05) is 38.1 Å². The van der Waals surface area contributed by atoms with Crippen LogP contribution in [0.5, 0.6) is 0 Å². The summed E-state index contributed by atoms with van der Waals surface area (Å²) >= 11 is 6.82. The van der Waals surface area contributed by atoms with Gasteiger partial charge in [0.2, 0.25) is 0 Å². The Bertz CT molecular complexity index is 902. The van der Waals surface area contributed by atoms with E-state index in [0.29, 0.717) is 5.92 Å². The van der Waals surface area contributed by atoms with E-state index in [9.17, 15) is 0 Å². The van der Waals surface area contributed by atoms with E-state index >= 15 is 0 Å². The first-order valence-corrected chi connectivity index (χ1v) is 8.90. The Morgan fingerprint density at radius 1 is 1.29 bits per heavy atom. The molecule has 3 atom stereocenters. The number of hydrogen-bond donors (Lipinski definition) is 1. The van der Waals surface area contributed by atoms with Crippen LogP contribution in [-0.4, -0.2) is 17.1 Å². The van der Waals surface area contributed by atoms with Crippen molar-refractivity contribution in [1.82, 2.24) is 4.98 Å². The van der Waals surface area contributed by atoms with E-state index < -0.39 is 0 Å². The Kier molecular flexibility index (Phi) is 3.18. The Hall–Kier alpha value is -1.80. The summed E-state index contributed by atoms with van der Waals surface area (Å²) in [5.74, 6) is 0.347. The van der Waals surface area contributed by atoms with Crippen molar-refractivity contribution in [3.8, 4) is 0 Å². The first-order valence-electron chi connectivity index (χ1n) is 8.46. The second kappa shape index (κ2) is 4.86. The zero-order valence-electron chi connectivity index (χ0n) is 14.5. The van der Waals surface area contributed by atoms with Crippen molar-refractivity contribution in [2.45, 2.75) is 38.0 Å². The van der Waals surface area contributed by atoms with Crippen LogP contribution in [0.1, 0.15) is 38.4 Å². The zero-order chi connectivity index (χ0) is 17.3. The molecule has 1 aromatic heterocycles. The second-order valence-electron chi connectivity index (χ2n) is 7.81. The van der Waals surface area contributed by atoms with E-state index in [-0.39, 0.29) is 16.2 Å². The molecule has 0 spiro atoms. The molecule has 1 heterocycles. The van der Waals surface area contributed by atoms with Crippen LogP contribution < -0.4 is 0 Å². The number of H-pyrrole nitrogens is 1. The normalized spacial score (nSPS) is 31.0.